The van der Waals surface area contributed by atoms with Gasteiger partial charge in [-0.05, 0) is 48.2 Å². The fraction of sp³-hybridized carbons (Fsp3) is 0.250. The number of thioether (sulfide) groups is 1. The Bertz CT molecular complexity index is 867. The summed E-state index contributed by atoms with van der Waals surface area (Å²) in [6.45, 7) is 0.331. The van der Waals surface area contributed by atoms with Gasteiger partial charge in [0.15, 0.2) is 0 Å². The van der Waals surface area contributed by atoms with Gasteiger partial charge in [-0.15, -0.1) is 11.8 Å². The molecule has 0 aliphatic carbocycles. The molecule has 1 heterocycles. The van der Waals surface area contributed by atoms with E-state index < -0.39 is 11.9 Å². The van der Waals surface area contributed by atoms with Crippen LogP contribution in [-0.4, -0.2) is 35.7 Å². The molecule has 0 saturated carbocycles. The molecule has 1 fully saturated rings. The molecule has 2 amide bonds. The maximum atomic E-state index is 12.6. The van der Waals surface area contributed by atoms with Gasteiger partial charge in [0.1, 0.15) is 0 Å². The minimum absolute atomic E-state index is 0.0771. The number of nitrogens with zero attached hydrogens (tertiary/aromatic N) is 1. The van der Waals surface area contributed by atoms with Gasteiger partial charge >= 0.3 is 5.97 Å². The number of carboxylic acids is 1. The van der Waals surface area contributed by atoms with Crippen LogP contribution < -0.4 is 10.2 Å². The van der Waals surface area contributed by atoms with Gasteiger partial charge in [-0.2, -0.15) is 0 Å². The molecule has 3 rings (SSSR count). The summed E-state index contributed by atoms with van der Waals surface area (Å²) in [5.41, 5.74) is 1.93. The quantitative estimate of drug-likeness (QED) is 0.748. The largest absolute Gasteiger partial charge is 0.481 e. The van der Waals surface area contributed by atoms with Gasteiger partial charge in [-0.25, -0.2) is 0 Å². The normalized spacial score (nSPS) is 16.4. The topological polar surface area (TPSA) is 86.7 Å². The van der Waals surface area contributed by atoms with Crippen LogP contribution in [-0.2, 0) is 20.8 Å². The Hall–Kier alpha value is -2.80. The lowest BCUT2D eigenvalue weighted by Crippen LogP contribution is -2.28. The smallest absolute Gasteiger partial charge is 0.307 e. The highest BCUT2D eigenvalue weighted by Crippen LogP contribution is 2.28. The number of anilines is 2. The lowest BCUT2D eigenvalue weighted by Gasteiger charge is -2.17. The second-order valence-electron chi connectivity index (χ2n) is 6.36. The lowest BCUT2D eigenvalue weighted by atomic mass is 10.1. The lowest BCUT2D eigenvalue weighted by molar-refractivity contribution is -0.136. The average molecular weight is 384 g/mol. The molecule has 0 bridgehead atoms. The molecular formula is C20H20N2O4S. The first-order valence-electron chi connectivity index (χ1n) is 8.52. The van der Waals surface area contributed by atoms with Gasteiger partial charge in [-0.1, -0.05) is 12.1 Å². The van der Waals surface area contributed by atoms with E-state index in [0.29, 0.717) is 17.8 Å². The van der Waals surface area contributed by atoms with Crippen LogP contribution in [0, 0.1) is 5.92 Å². The minimum Gasteiger partial charge on any atom is -0.481 e. The maximum absolute atomic E-state index is 12.6. The van der Waals surface area contributed by atoms with Crippen molar-refractivity contribution < 1.29 is 19.5 Å². The van der Waals surface area contributed by atoms with E-state index in [0.717, 1.165) is 10.6 Å². The third-order valence-electron chi connectivity index (χ3n) is 4.43. The van der Waals surface area contributed by atoms with Crippen molar-refractivity contribution in [2.24, 2.45) is 5.92 Å². The Kier molecular flexibility index (Phi) is 5.81. The number of nitrogens with one attached hydrogen (secondary N) is 1. The van der Waals surface area contributed by atoms with Crippen molar-refractivity contribution in [3.63, 3.8) is 0 Å². The molecule has 1 aliphatic rings. The number of aliphatic carboxylic acids is 1. The Morgan fingerprint density at radius 1 is 1.22 bits per heavy atom. The van der Waals surface area contributed by atoms with E-state index in [1.807, 2.05) is 30.5 Å². The zero-order chi connectivity index (χ0) is 19.4. The SMILES string of the molecule is CSc1ccc(N2CC(C(=O)Nc3cccc(CC(=O)O)c3)CC2=O)cc1. The summed E-state index contributed by atoms with van der Waals surface area (Å²) in [6, 6.07) is 14.4. The molecule has 2 aromatic carbocycles. The third kappa shape index (κ3) is 4.68. The predicted octanol–water partition coefficient (Wildman–Crippen LogP) is 3.03. The molecule has 0 spiro atoms. The van der Waals surface area contributed by atoms with Crippen LogP contribution >= 0.6 is 11.8 Å². The zero-order valence-electron chi connectivity index (χ0n) is 14.8. The highest BCUT2D eigenvalue weighted by atomic mass is 32.2. The Labute approximate surface area is 161 Å². The number of rotatable bonds is 6. The van der Waals surface area contributed by atoms with Crippen LogP contribution in [0.4, 0.5) is 11.4 Å². The van der Waals surface area contributed by atoms with E-state index in [9.17, 15) is 14.4 Å². The van der Waals surface area contributed by atoms with Gasteiger partial charge in [0.2, 0.25) is 11.8 Å². The van der Waals surface area contributed by atoms with Gasteiger partial charge in [0, 0.05) is 29.2 Å². The summed E-state index contributed by atoms with van der Waals surface area (Å²) < 4.78 is 0. The van der Waals surface area contributed by atoms with E-state index >= 15 is 0 Å². The van der Waals surface area contributed by atoms with Crippen LogP contribution in [0.25, 0.3) is 0 Å². The predicted molar refractivity (Wildman–Crippen MR) is 105 cm³/mol. The number of hydrogen-bond donors (Lipinski definition) is 2. The fourth-order valence-electron chi connectivity index (χ4n) is 3.07. The summed E-state index contributed by atoms with van der Waals surface area (Å²) in [6.07, 6.45) is 2.04. The first kappa shape index (κ1) is 19.0. The monoisotopic (exact) mass is 384 g/mol. The number of carboxylic acid groups (broad SMARTS) is 1. The van der Waals surface area contributed by atoms with E-state index in [1.165, 1.54) is 0 Å². The van der Waals surface area contributed by atoms with Gasteiger partial charge < -0.3 is 15.3 Å². The molecule has 2 N–H and O–H groups in total. The van der Waals surface area contributed by atoms with Crippen LogP contribution in [0.5, 0.6) is 0 Å². The van der Waals surface area contributed by atoms with Crippen molar-refractivity contribution in [2.75, 3.05) is 23.0 Å². The summed E-state index contributed by atoms with van der Waals surface area (Å²) in [7, 11) is 0. The van der Waals surface area contributed by atoms with Crippen LogP contribution in [0.3, 0.4) is 0 Å². The first-order valence-corrected chi connectivity index (χ1v) is 9.75. The van der Waals surface area contributed by atoms with Gasteiger partial charge in [-0.3, -0.25) is 14.4 Å². The highest BCUT2D eigenvalue weighted by Gasteiger charge is 2.35. The minimum atomic E-state index is -0.928. The van der Waals surface area contributed by atoms with E-state index in [1.54, 1.807) is 40.9 Å². The van der Waals surface area contributed by atoms with Crippen LogP contribution in [0.2, 0.25) is 0 Å². The summed E-state index contributed by atoms with van der Waals surface area (Å²) in [4.78, 5) is 38.5. The Morgan fingerprint density at radius 3 is 2.63 bits per heavy atom. The number of benzene rings is 2. The molecule has 27 heavy (non-hydrogen) atoms. The van der Waals surface area contributed by atoms with E-state index in [4.69, 9.17) is 5.11 Å². The van der Waals surface area contributed by atoms with Crippen molar-refractivity contribution >= 4 is 40.9 Å². The summed E-state index contributed by atoms with van der Waals surface area (Å²) in [5.74, 6) is -1.69. The summed E-state index contributed by atoms with van der Waals surface area (Å²) >= 11 is 1.63. The maximum Gasteiger partial charge on any atom is 0.307 e. The number of carbonyl (C=O) groups is 3. The molecule has 140 valence electrons. The second kappa shape index (κ2) is 8.26. The molecule has 2 aromatic rings. The number of amides is 2. The third-order valence-corrected chi connectivity index (χ3v) is 5.17. The van der Waals surface area contributed by atoms with Crippen molar-refractivity contribution in [1.82, 2.24) is 0 Å². The molecule has 0 aromatic heterocycles. The number of hydrogen-bond acceptors (Lipinski definition) is 4. The standard InChI is InChI=1S/C20H20N2O4S/c1-27-17-7-5-16(6-8-17)22-12-14(11-18(22)23)20(26)21-15-4-2-3-13(9-15)10-19(24)25/h2-9,14H,10-12H2,1H3,(H,21,26)(H,24,25). The van der Waals surface area contributed by atoms with E-state index in [-0.39, 0.29) is 24.7 Å². The van der Waals surface area contributed by atoms with E-state index in [2.05, 4.69) is 5.32 Å². The van der Waals surface area contributed by atoms with Crippen molar-refractivity contribution in [3.05, 3.63) is 54.1 Å². The fourth-order valence-corrected chi connectivity index (χ4v) is 3.48. The summed E-state index contributed by atoms with van der Waals surface area (Å²) in [5, 5.41) is 11.7. The second-order valence-corrected chi connectivity index (χ2v) is 7.24. The van der Waals surface area contributed by atoms with Crippen LogP contribution in [0.1, 0.15) is 12.0 Å². The van der Waals surface area contributed by atoms with Crippen molar-refractivity contribution in [3.8, 4) is 0 Å². The Balaban J connectivity index is 1.66. The molecule has 6 nitrogen and oxygen atoms in total. The molecule has 1 saturated heterocycles. The van der Waals surface area contributed by atoms with Gasteiger partial charge in [0.05, 0.1) is 12.3 Å². The Morgan fingerprint density at radius 2 is 1.96 bits per heavy atom. The highest BCUT2D eigenvalue weighted by molar-refractivity contribution is 7.98. The molecule has 1 atom stereocenters. The molecule has 0 radical (unpaired) electrons. The van der Waals surface area contributed by atoms with Crippen molar-refractivity contribution in [1.29, 1.82) is 0 Å². The molecule has 1 unspecified atom stereocenters. The molecule has 7 heteroatoms. The average Bonchev–Trinajstić information content (AvgIpc) is 3.03. The zero-order valence-corrected chi connectivity index (χ0v) is 15.7. The van der Waals surface area contributed by atoms with Crippen LogP contribution in [0.15, 0.2) is 53.4 Å². The molecular weight excluding hydrogens is 364 g/mol. The van der Waals surface area contributed by atoms with Gasteiger partial charge in [0.25, 0.3) is 0 Å². The van der Waals surface area contributed by atoms with Crippen molar-refractivity contribution in [2.45, 2.75) is 17.7 Å². The first-order chi connectivity index (χ1) is 13.0. The molecule has 1 aliphatic heterocycles. The number of carbonyl (C=O) groups excluding carboxylic acids is 2.